The summed E-state index contributed by atoms with van der Waals surface area (Å²) in [7, 11) is 3.32. The predicted molar refractivity (Wildman–Crippen MR) is 156 cm³/mol. The predicted octanol–water partition coefficient (Wildman–Crippen LogP) is 2.63. The third kappa shape index (κ3) is 7.36. The third-order valence-electron chi connectivity index (χ3n) is 7.24. The molecule has 0 aliphatic carbocycles. The molecule has 0 spiro atoms. The third-order valence-corrected chi connectivity index (χ3v) is 9.01. The van der Waals surface area contributed by atoms with E-state index in [-0.39, 0.29) is 29.2 Å². The van der Waals surface area contributed by atoms with E-state index in [2.05, 4.69) is 32.8 Å². The molecule has 2 fully saturated rings. The minimum atomic E-state index is -4.41. The zero-order chi connectivity index (χ0) is 30.8. The molecule has 3 aromatic rings. The van der Waals surface area contributed by atoms with E-state index < -0.39 is 37.8 Å². The molecular formula is C29H32F4N6O3Se. The zero-order valence-corrected chi connectivity index (χ0v) is 25.6. The van der Waals surface area contributed by atoms with Crippen molar-refractivity contribution < 1.29 is 31.8 Å². The van der Waals surface area contributed by atoms with Crippen LogP contribution in [0.4, 0.5) is 29.1 Å². The van der Waals surface area contributed by atoms with Crippen LogP contribution in [0.5, 0.6) is 5.75 Å². The summed E-state index contributed by atoms with van der Waals surface area (Å²) in [4.78, 5) is 18.9. The van der Waals surface area contributed by atoms with Crippen molar-refractivity contribution in [3.05, 3.63) is 47.8 Å². The standard InChI is InChI=1S/C29H32F4N6O3Se/c1-28(16-42-17-28)37-26(40)18-6-7-22(24(14-18)41-3)34-9-4-5-19-13-23-25(36-21-8-11-38(2)15-20(21)30)35-10-12-39(23)27(19)43-29(31,32)33/h6-7,10,12-14,20-21,34H,8-9,11,15-17H2,1-3H3,(H,35,36)(H,37,40)/t20-,21+/m0/s1. The van der Waals surface area contributed by atoms with Crippen molar-refractivity contribution in [3.8, 4) is 17.6 Å². The van der Waals surface area contributed by atoms with Crippen LogP contribution in [-0.2, 0) is 4.74 Å². The molecule has 0 bridgehead atoms. The van der Waals surface area contributed by atoms with Crippen molar-refractivity contribution in [3.63, 3.8) is 0 Å². The number of hydrogen-bond acceptors (Lipinski definition) is 7. The topological polar surface area (TPSA) is 92.2 Å². The number of rotatable bonds is 8. The maximum absolute atomic E-state index is 14.7. The molecule has 2 aliphatic heterocycles. The van der Waals surface area contributed by atoms with E-state index in [1.165, 1.54) is 23.9 Å². The number of carbonyl (C=O) groups is 1. The van der Waals surface area contributed by atoms with E-state index in [9.17, 15) is 22.4 Å². The van der Waals surface area contributed by atoms with Crippen LogP contribution in [0, 0.1) is 11.8 Å². The van der Waals surface area contributed by atoms with Crippen LogP contribution in [0.2, 0.25) is 0 Å². The van der Waals surface area contributed by atoms with Gasteiger partial charge >= 0.3 is 223 Å². The van der Waals surface area contributed by atoms with Gasteiger partial charge in [-0.1, -0.05) is 0 Å². The van der Waals surface area contributed by atoms with E-state index in [0.717, 1.165) is 0 Å². The Morgan fingerprint density at radius 3 is 2.77 bits per heavy atom. The van der Waals surface area contributed by atoms with Gasteiger partial charge in [-0.05, 0) is 6.92 Å². The summed E-state index contributed by atoms with van der Waals surface area (Å²) in [5, 5.41) is 4.75. The van der Waals surface area contributed by atoms with Crippen molar-refractivity contribution in [1.29, 1.82) is 0 Å². The van der Waals surface area contributed by atoms with Gasteiger partial charge in [0, 0.05) is 0 Å². The molecule has 9 nitrogen and oxygen atoms in total. The van der Waals surface area contributed by atoms with Gasteiger partial charge in [0.1, 0.15) is 0 Å². The summed E-state index contributed by atoms with van der Waals surface area (Å²) in [5.41, 5.74) is 1.22. The maximum atomic E-state index is 14.7. The van der Waals surface area contributed by atoms with Crippen LogP contribution in [0.1, 0.15) is 29.3 Å². The molecule has 230 valence electrons. The molecule has 2 aliphatic rings. The van der Waals surface area contributed by atoms with Gasteiger partial charge < -0.3 is 4.74 Å². The number of hydrogen-bond donors (Lipinski definition) is 3. The molecular weight excluding hydrogens is 635 g/mol. The van der Waals surface area contributed by atoms with Crippen molar-refractivity contribution in [2.75, 3.05) is 57.6 Å². The molecule has 3 N–H and O–H groups in total. The number of carbonyl (C=O) groups excluding carboxylic acids is 1. The number of benzene rings is 1. The molecule has 0 radical (unpaired) electrons. The quantitative estimate of drug-likeness (QED) is 0.194. The number of likely N-dealkylation sites (tertiary alicyclic amines) is 1. The summed E-state index contributed by atoms with van der Waals surface area (Å²) in [6, 6.07) is 6.00. The Balaban J connectivity index is 1.34. The van der Waals surface area contributed by atoms with Gasteiger partial charge in [-0.3, -0.25) is 0 Å². The van der Waals surface area contributed by atoms with Crippen LogP contribution in [0.15, 0.2) is 36.7 Å². The molecule has 4 heterocycles. The SMILES string of the molecule is COc1cc(C(=O)NC2(C)COC2)ccc1NCC#Cc1cc2c(N[C@@H]3CCN(C)C[C@@H]3F)nccn2c1[Se]C(F)(F)F. The number of anilines is 2. The fraction of sp³-hybridized carbons (Fsp3) is 0.448. The second kappa shape index (κ2) is 12.6. The molecule has 1 amide bonds. The number of alkyl halides is 4. The average Bonchev–Trinajstić information content (AvgIpc) is 3.28. The molecule has 43 heavy (non-hydrogen) atoms. The van der Waals surface area contributed by atoms with Gasteiger partial charge in [0.25, 0.3) is 0 Å². The Morgan fingerprint density at radius 1 is 1.30 bits per heavy atom. The van der Waals surface area contributed by atoms with Gasteiger partial charge in [0.05, 0.1) is 18.8 Å². The number of nitrogens with zero attached hydrogens (tertiary/aromatic N) is 3. The van der Waals surface area contributed by atoms with Gasteiger partial charge in [-0.25, -0.2) is 0 Å². The molecule has 2 aromatic heterocycles. The van der Waals surface area contributed by atoms with E-state index >= 15 is 0 Å². The van der Waals surface area contributed by atoms with E-state index in [1.807, 2.05) is 18.9 Å². The Kier molecular flexibility index (Phi) is 9.08. The molecule has 0 unspecified atom stereocenters. The second-order valence-corrected chi connectivity index (χ2v) is 13.0. The average molecular weight is 668 g/mol. The normalized spacial score (nSPS) is 20.1. The summed E-state index contributed by atoms with van der Waals surface area (Å²) in [5.74, 6) is 6.26. The fourth-order valence-corrected chi connectivity index (χ4v) is 6.43. The number of fused-ring (bicyclic) bond motifs is 1. The van der Waals surface area contributed by atoms with Crippen LogP contribution >= 0.6 is 0 Å². The van der Waals surface area contributed by atoms with Gasteiger partial charge in [-0.15, -0.1) is 0 Å². The summed E-state index contributed by atoms with van der Waals surface area (Å²) >= 11 is -1.88. The molecule has 5 rings (SSSR count). The second-order valence-electron chi connectivity index (χ2n) is 10.8. The number of nitrogens with one attached hydrogen (secondary N) is 3. The number of halogens is 4. The van der Waals surface area contributed by atoms with Gasteiger partial charge in [0.2, 0.25) is 0 Å². The number of amides is 1. The molecule has 0 saturated carbocycles. The Bertz CT molecular complexity index is 1550. The van der Waals surface area contributed by atoms with Crippen molar-refractivity contribution >= 4 is 42.5 Å². The van der Waals surface area contributed by atoms with Gasteiger partial charge in [-0.2, -0.15) is 0 Å². The number of aromatic nitrogens is 2. The molecule has 2 atom stereocenters. The Labute approximate surface area is 252 Å². The first-order valence-electron chi connectivity index (χ1n) is 13.6. The van der Waals surface area contributed by atoms with Crippen LogP contribution in [-0.4, -0.2) is 105 Å². The van der Waals surface area contributed by atoms with Crippen LogP contribution in [0.25, 0.3) is 5.52 Å². The van der Waals surface area contributed by atoms with E-state index in [4.69, 9.17) is 9.47 Å². The van der Waals surface area contributed by atoms with Crippen LogP contribution in [0.3, 0.4) is 0 Å². The van der Waals surface area contributed by atoms with Crippen molar-refractivity contribution in [1.82, 2.24) is 19.6 Å². The summed E-state index contributed by atoms with van der Waals surface area (Å²) in [6.45, 7) is 3.86. The van der Waals surface area contributed by atoms with Crippen LogP contribution < -0.4 is 25.3 Å². The fourth-order valence-electron chi connectivity index (χ4n) is 4.97. The number of piperidine rings is 1. The first kappa shape index (κ1) is 30.9. The van der Waals surface area contributed by atoms with E-state index in [0.29, 0.717) is 54.5 Å². The Morgan fingerprint density at radius 2 is 2.09 bits per heavy atom. The minimum absolute atomic E-state index is 0.0339. The zero-order valence-electron chi connectivity index (χ0n) is 23.8. The molecule has 14 heteroatoms. The van der Waals surface area contributed by atoms with Gasteiger partial charge in [0.15, 0.2) is 0 Å². The van der Waals surface area contributed by atoms with E-state index in [1.54, 1.807) is 24.3 Å². The molecule has 2 saturated heterocycles. The first-order valence-corrected chi connectivity index (χ1v) is 15.3. The first-order chi connectivity index (χ1) is 20.4. The summed E-state index contributed by atoms with van der Waals surface area (Å²) in [6.07, 6.45) is 2.28. The van der Waals surface area contributed by atoms with Crippen molar-refractivity contribution in [2.45, 2.75) is 36.2 Å². The monoisotopic (exact) mass is 668 g/mol. The summed E-state index contributed by atoms with van der Waals surface area (Å²) < 4.78 is 67.6. The van der Waals surface area contributed by atoms with Crippen molar-refractivity contribution in [2.24, 2.45) is 0 Å². The number of methoxy groups -OCH3 is 1. The Hall–Kier alpha value is -3.50. The number of ether oxygens (including phenoxy) is 2. The molecule has 1 aromatic carbocycles.